The number of nitrogens with one attached hydrogen (secondary N) is 3. The van der Waals surface area contributed by atoms with E-state index in [9.17, 15) is 18.8 Å². The number of piperidine rings is 1. The third-order valence-corrected chi connectivity index (χ3v) is 6.73. The summed E-state index contributed by atoms with van der Waals surface area (Å²) in [4.78, 5) is 36.9. The van der Waals surface area contributed by atoms with E-state index in [0.717, 1.165) is 6.07 Å². The van der Waals surface area contributed by atoms with Gasteiger partial charge < -0.3 is 25.4 Å². The predicted octanol–water partition coefficient (Wildman–Crippen LogP) is 1.70. The lowest BCUT2D eigenvalue weighted by Gasteiger charge is -2.70. The van der Waals surface area contributed by atoms with Crippen molar-refractivity contribution < 1.29 is 28.2 Å². The Hall–Kier alpha value is -2.39. The predicted molar refractivity (Wildman–Crippen MR) is 114 cm³/mol. The maximum Gasteiger partial charge on any atom is 0.309 e. The van der Waals surface area contributed by atoms with E-state index in [-0.39, 0.29) is 52.2 Å². The van der Waals surface area contributed by atoms with Crippen molar-refractivity contribution in [1.29, 1.82) is 0 Å². The van der Waals surface area contributed by atoms with Crippen molar-refractivity contribution in [2.24, 2.45) is 5.92 Å². The summed E-state index contributed by atoms with van der Waals surface area (Å²) in [5, 5.41) is 9.22. The number of hydrogen-bond acceptors (Lipinski definition) is 6. The number of carbonyl (C=O) groups excluding carboxylic acids is 3. The number of halogens is 2. The van der Waals surface area contributed by atoms with Crippen LogP contribution in [-0.2, 0) is 19.1 Å². The first-order valence-corrected chi connectivity index (χ1v) is 11.2. The third-order valence-electron chi connectivity index (χ3n) is 6.42. The maximum atomic E-state index is 13.4. The Kier molecular flexibility index (Phi) is 6.31. The molecule has 1 heterocycles. The first-order chi connectivity index (χ1) is 15.2. The Labute approximate surface area is 190 Å². The number of carbonyl (C=O) groups is 3. The van der Waals surface area contributed by atoms with Crippen LogP contribution in [0.25, 0.3) is 0 Å². The van der Waals surface area contributed by atoms with E-state index in [2.05, 4.69) is 16.0 Å². The van der Waals surface area contributed by atoms with Crippen molar-refractivity contribution in [2.45, 2.75) is 56.1 Å². The molecule has 174 valence electrons. The average molecular weight is 468 g/mol. The Morgan fingerprint density at radius 2 is 1.94 bits per heavy atom. The molecule has 2 amide bonds. The summed E-state index contributed by atoms with van der Waals surface area (Å²) in [6.07, 6.45) is 3.04. The van der Waals surface area contributed by atoms with Crippen LogP contribution in [0, 0.1) is 11.7 Å². The van der Waals surface area contributed by atoms with Crippen molar-refractivity contribution >= 4 is 29.4 Å². The summed E-state index contributed by atoms with van der Waals surface area (Å²) in [6, 6.07) is 3.57. The van der Waals surface area contributed by atoms with Crippen LogP contribution in [0.5, 0.6) is 5.75 Å². The van der Waals surface area contributed by atoms with E-state index in [1.165, 1.54) is 12.1 Å². The van der Waals surface area contributed by atoms with E-state index in [0.29, 0.717) is 45.3 Å². The normalized spacial score (nSPS) is 30.3. The highest BCUT2D eigenvalue weighted by Gasteiger charge is 2.69. The van der Waals surface area contributed by atoms with Gasteiger partial charge in [0.15, 0.2) is 6.61 Å². The molecule has 0 radical (unpaired) electrons. The fourth-order valence-corrected chi connectivity index (χ4v) is 5.16. The van der Waals surface area contributed by atoms with Gasteiger partial charge >= 0.3 is 5.97 Å². The number of esters is 1. The van der Waals surface area contributed by atoms with Gasteiger partial charge in [0.1, 0.15) is 11.6 Å². The molecule has 2 unspecified atom stereocenters. The summed E-state index contributed by atoms with van der Waals surface area (Å²) in [5.41, 5.74) is -0.629. The molecule has 3 aliphatic carbocycles. The first kappa shape index (κ1) is 22.8. The summed E-state index contributed by atoms with van der Waals surface area (Å²) in [6.45, 7) is 2.46. The van der Waals surface area contributed by atoms with Crippen LogP contribution in [0.4, 0.5) is 4.39 Å². The first-order valence-electron chi connectivity index (χ1n) is 10.8. The van der Waals surface area contributed by atoms with Crippen molar-refractivity contribution in [3.8, 4) is 5.75 Å². The van der Waals surface area contributed by atoms with Gasteiger partial charge in [-0.25, -0.2) is 4.39 Å². The summed E-state index contributed by atoms with van der Waals surface area (Å²) < 4.78 is 23.9. The Balaban J connectivity index is 1.20. The van der Waals surface area contributed by atoms with Crippen LogP contribution >= 0.6 is 11.6 Å². The zero-order valence-electron chi connectivity index (χ0n) is 17.8. The molecule has 4 fully saturated rings. The number of hydrogen-bond donors (Lipinski definition) is 3. The molecule has 8 nitrogen and oxygen atoms in total. The molecule has 5 rings (SSSR count). The van der Waals surface area contributed by atoms with Gasteiger partial charge in [0.25, 0.3) is 5.91 Å². The van der Waals surface area contributed by atoms with Crippen LogP contribution < -0.4 is 20.7 Å². The maximum absolute atomic E-state index is 13.4. The highest BCUT2D eigenvalue weighted by Crippen LogP contribution is 2.60. The Bertz CT molecular complexity index is 907. The number of rotatable bonds is 8. The molecule has 1 aromatic carbocycles. The van der Waals surface area contributed by atoms with Crippen molar-refractivity contribution in [2.75, 3.05) is 19.8 Å². The van der Waals surface area contributed by atoms with Crippen LogP contribution in [0.15, 0.2) is 18.2 Å². The Morgan fingerprint density at radius 3 is 2.62 bits per heavy atom. The lowest BCUT2D eigenvalue weighted by molar-refractivity contribution is -0.153. The Morgan fingerprint density at radius 1 is 1.22 bits per heavy atom. The minimum absolute atomic E-state index is 0.0112. The summed E-state index contributed by atoms with van der Waals surface area (Å²) in [7, 11) is 0. The second-order valence-corrected chi connectivity index (χ2v) is 9.38. The van der Waals surface area contributed by atoms with E-state index in [4.69, 9.17) is 21.1 Å². The lowest BCUT2D eigenvalue weighted by atomic mass is 9.44. The van der Waals surface area contributed by atoms with Crippen LogP contribution in [0.3, 0.4) is 0 Å². The van der Waals surface area contributed by atoms with E-state index in [1.54, 1.807) is 6.92 Å². The monoisotopic (exact) mass is 467 g/mol. The fraction of sp³-hybridized carbons (Fsp3) is 0.591. The molecule has 10 heteroatoms. The molecular weight excluding hydrogens is 441 g/mol. The van der Waals surface area contributed by atoms with Crippen LogP contribution in [0.1, 0.15) is 39.0 Å². The molecule has 1 saturated heterocycles. The number of ether oxygens (including phenoxy) is 2. The molecule has 4 aliphatic rings. The summed E-state index contributed by atoms with van der Waals surface area (Å²) in [5.74, 6) is -1.31. The second kappa shape index (κ2) is 8.86. The zero-order chi connectivity index (χ0) is 22.9. The molecule has 3 saturated carbocycles. The van der Waals surface area contributed by atoms with Gasteiger partial charge in [-0.05, 0) is 57.7 Å². The van der Waals surface area contributed by atoms with Gasteiger partial charge in [0.05, 0.1) is 23.6 Å². The topological polar surface area (TPSA) is 106 Å². The van der Waals surface area contributed by atoms with E-state index in [1.807, 2.05) is 0 Å². The van der Waals surface area contributed by atoms with Gasteiger partial charge in [0.2, 0.25) is 5.91 Å². The third kappa shape index (κ3) is 4.68. The highest BCUT2D eigenvalue weighted by molar-refractivity contribution is 6.30. The molecule has 3 N–H and O–H groups in total. The van der Waals surface area contributed by atoms with Crippen molar-refractivity contribution in [1.82, 2.24) is 16.0 Å². The van der Waals surface area contributed by atoms with Gasteiger partial charge in [0, 0.05) is 17.1 Å². The van der Waals surface area contributed by atoms with Gasteiger partial charge in [-0.15, -0.1) is 0 Å². The largest absolute Gasteiger partial charge is 0.484 e. The van der Waals surface area contributed by atoms with Gasteiger partial charge in [-0.2, -0.15) is 0 Å². The lowest BCUT2D eigenvalue weighted by Crippen LogP contribution is -2.84. The van der Waals surface area contributed by atoms with Crippen molar-refractivity contribution in [3.63, 3.8) is 0 Å². The molecule has 1 aromatic rings. The summed E-state index contributed by atoms with van der Waals surface area (Å²) >= 11 is 5.63. The molecule has 2 bridgehead atoms. The quantitative estimate of drug-likeness (QED) is 0.502. The second-order valence-electron chi connectivity index (χ2n) is 8.97. The molecular formula is C22H27ClFN3O5. The zero-order valence-corrected chi connectivity index (χ0v) is 18.6. The van der Waals surface area contributed by atoms with Gasteiger partial charge in [-0.3, -0.25) is 14.4 Å². The molecule has 1 aliphatic heterocycles. The minimum atomic E-state index is -0.609. The number of amides is 2. The fourth-order valence-electron chi connectivity index (χ4n) is 5.04. The van der Waals surface area contributed by atoms with Crippen LogP contribution in [-0.4, -0.2) is 54.7 Å². The van der Waals surface area contributed by atoms with Crippen molar-refractivity contribution in [3.05, 3.63) is 29.0 Å². The minimum Gasteiger partial charge on any atom is -0.484 e. The average Bonchev–Trinajstić information content (AvgIpc) is 2.72. The molecule has 0 spiro atoms. The van der Waals surface area contributed by atoms with E-state index >= 15 is 0 Å². The SMILES string of the molecule is CCOC(=O)C1CCNC(C(=O)NC23CC(NC(=O)COc4ccc(Cl)c(F)c4)(C2)C3)C1. The molecule has 0 aromatic heterocycles. The smallest absolute Gasteiger partial charge is 0.309 e. The van der Waals surface area contributed by atoms with E-state index < -0.39 is 11.9 Å². The standard InChI is InChI=1S/C22H27ClFN3O5/c1-2-31-20(30)13-5-6-25-17(7-13)19(29)27-22-10-21(11-22,12-22)26-18(28)9-32-14-3-4-15(23)16(24)8-14/h3-4,8,13,17,25H,2,5-7,9-12H2,1H3,(H,26,28)(H,27,29). The highest BCUT2D eigenvalue weighted by atomic mass is 35.5. The molecule has 32 heavy (non-hydrogen) atoms. The van der Waals surface area contributed by atoms with Gasteiger partial charge in [-0.1, -0.05) is 11.6 Å². The molecule has 2 atom stereocenters. The number of benzene rings is 1. The van der Waals surface area contributed by atoms with Crippen LogP contribution in [0.2, 0.25) is 5.02 Å².